The summed E-state index contributed by atoms with van der Waals surface area (Å²) in [6.45, 7) is 7.47. The number of anilines is 2. The molecule has 0 aliphatic rings. The van der Waals surface area contributed by atoms with Crippen LogP contribution in [0.15, 0.2) is 4.52 Å². The Morgan fingerprint density at radius 3 is 2.17 bits per heavy atom. The summed E-state index contributed by atoms with van der Waals surface area (Å²) in [5, 5.41) is 6.81. The van der Waals surface area contributed by atoms with Crippen molar-refractivity contribution in [3.63, 3.8) is 0 Å². The highest BCUT2D eigenvalue weighted by atomic mass is 16.5. The molecule has 0 saturated heterocycles. The molecule has 7 heteroatoms. The lowest BCUT2D eigenvalue weighted by Gasteiger charge is -2.15. The standard InChI is InChI=1S/C16H23N5O2/c1-9-13(12(4)23-20-9)7-8-14(22)19-15-10(2)17-16(21(5)6)18-11(15)3/h7-8H2,1-6H3,(H,19,22). The number of carbonyl (C=O) groups excluding carboxylic acids is 1. The van der Waals surface area contributed by atoms with Crippen LogP contribution < -0.4 is 10.2 Å². The summed E-state index contributed by atoms with van der Waals surface area (Å²) in [6, 6.07) is 0. The molecule has 0 aromatic carbocycles. The first kappa shape index (κ1) is 16.9. The third-order valence-electron chi connectivity index (χ3n) is 3.71. The molecule has 124 valence electrons. The van der Waals surface area contributed by atoms with Crippen LogP contribution in [-0.2, 0) is 11.2 Å². The van der Waals surface area contributed by atoms with Gasteiger partial charge in [-0.15, -0.1) is 0 Å². The summed E-state index contributed by atoms with van der Waals surface area (Å²) in [5.74, 6) is 1.33. The van der Waals surface area contributed by atoms with Gasteiger partial charge in [0.2, 0.25) is 11.9 Å². The molecule has 0 aliphatic carbocycles. The van der Waals surface area contributed by atoms with Crippen LogP contribution in [0.2, 0.25) is 0 Å². The second-order valence-corrected chi connectivity index (χ2v) is 5.81. The fourth-order valence-electron chi connectivity index (χ4n) is 2.38. The van der Waals surface area contributed by atoms with Crippen LogP contribution >= 0.6 is 0 Å². The highest BCUT2D eigenvalue weighted by Gasteiger charge is 2.15. The highest BCUT2D eigenvalue weighted by molar-refractivity contribution is 5.92. The molecule has 0 aliphatic heterocycles. The number of aryl methyl sites for hydroxylation is 4. The fraction of sp³-hybridized carbons (Fsp3) is 0.500. The number of nitrogens with zero attached hydrogens (tertiary/aromatic N) is 4. The number of aromatic nitrogens is 3. The summed E-state index contributed by atoms with van der Waals surface area (Å²) in [7, 11) is 3.77. The third kappa shape index (κ3) is 3.85. The van der Waals surface area contributed by atoms with E-state index in [0.717, 1.165) is 28.4 Å². The van der Waals surface area contributed by atoms with E-state index < -0.39 is 0 Å². The lowest BCUT2D eigenvalue weighted by atomic mass is 10.1. The van der Waals surface area contributed by atoms with Gasteiger partial charge in [-0.3, -0.25) is 4.79 Å². The van der Waals surface area contributed by atoms with Gasteiger partial charge in [0.1, 0.15) is 5.76 Å². The molecule has 0 bridgehead atoms. The largest absolute Gasteiger partial charge is 0.361 e. The Kier molecular flexibility index (Phi) is 4.98. The zero-order valence-corrected chi connectivity index (χ0v) is 14.5. The molecule has 0 fully saturated rings. The predicted octanol–water partition coefficient (Wildman–Crippen LogP) is 2.34. The second kappa shape index (κ2) is 6.76. The average molecular weight is 317 g/mol. The van der Waals surface area contributed by atoms with Crippen molar-refractivity contribution in [2.45, 2.75) is 40.5 Å². The molecule has 0 atom stereocenters. The average Bonchev–Trinajstić information content (AvgIpc) is 2.79. The molecule has 2 heterocycles. The summed E-state index contributed by atoms with van der Waals surface area (Å²) in [5.41, 5.74) is 4.02. The van der Waals surface area contributed by atoms with Gasteiger partial charge < -0.3 is 14.7 Å². The topological polar surface area (TPSA) is 84.2 Å². The van der Waals surface area contributed by atoms with E-state index in [4.69, 9.17) is 4.52 Å². The molecule has 0 saturated carbocycles. The van der Waals surface area contributed by atoms with E-state index in [1.807, 2.05) is 46.7 Å². The Hall–Kier alpha value is -2.44. The normalized spacial score (nSPS) is 10.7. The first-order valence-electron chi connectivity index (χ1n) is 7.53. The minimum absolute atomic E-state index is 0.0718. The number of hydrogen-bond donors (Lipinski definition) is 1. The lowest BCUT2D eigenvalue weighted by molar-refractivity contribution is -0.116. The third-order valence-corrected chi connectivity index (χ3v) is 3.71. The molecule has 0 unspecified atom stereocenters. The van der Waals surface area contributed by atoms with Crippen molar-refractivity contribution < 1.29 is 9.32 Å². The highest BCUT2D eigenvalue weighted by Crippen LogP contribution is 2.20. The Balaban J connectivity index is 2.06. The van der Waals surface area contributed by atoms with Gasteiger partial charge in [-0.1, -0.05) is 5.16 Å². The molecular formula is C16H23N5O2. The molecule has 2 aromatic rings. The summed E-state index contributed by atoms with van der Waals surface area (Å²) >= 11 is 0. The van der Waals surface area contributed by atoms with Crippen LogP contribution in [0.4, 0.5) is 11.6 Å². The van der Waals surface area contributed by atoms with Crippen molar-refractivity contribution in [2.75, 3.05) is 24.3 Å². The minimum atomic E-state index is -0.0718. The maximum absolute atomic E-state index is 12.2. The zero-order valence-electron chi connectivity index (χ0n) is 14.5. The van der Waals surface area contributed by atoms with E-state index in [1.54, 1.807) is 0 Å². The van der Waals surface area contributed by atoms with Crippen molar-refractivity contribution in [2.24, 2.45) is 0 Å². The molecule has 1 N–H and O–H groups in total. The van der Waals surface area contributed by atoms with E-state index in [2.05, 4.69) is 20.4 Å². The molecule has 2 rings (SSSR count). The first-order chi connectivity index (χ1) is 10.8. The van der Waals surface area contributed by atoms with Gasteiger partial charge in [-0.05, 0) is 34.1 Å². The van der Waals surface area contributed by atoms with Crippen LogP contribution in [0.1, 0.15) is 34.8 Å². The number of rotatable bonds is 5. The first-order valence-corrected chi connectivity index (χ1v) is 7.53. The van der Waals surface area contributed by atoms with Gasteiger partial charge in [-0.2, -0.15) is 0 Å². The van der Waals surface area contributed by atoms with Crippen LogP contribution in [0, 0.1) is 27.7 Å². The Morgan fingerprint density at radius 2 is 1.70 bits per heavy atom. The van der Waals surface area contributed by atoms with Crippen LogP contribution in [-0.4, -0.2) is 35.1 Å². The molecule has 0 radical (unpaired) electrons. The summed E-state index contributed by atoms with van der Waals surface area (Å²) < 4.78 is 5.11. The second-order valence-electron chi connectivity index (χ2n) is 5.81. The Labute approximate surface area is 136 Å². The summed E-state index contributed by atoms with van der Waals surface area (Å²) in [6.07, 6.45) is 0.957. The van der Waals surface area contributed by atoms with E-state index in [-0.39, 0.29) is 5.91 Å². The van der Waals surface area contributed by atoms with Gasteiger partial charge in [0.15, 0.2) is 0 Å². The van der Waals surface area contributed by atoms with Crippen LogP contribution in [0.25, 0.3) is 0 Å². The molecule has 2 aromatic heterocycles. The Bertz CT molecular complexity index is 679. The quantitative estimate of drug-likeness (QED) is 0.911. The number of amides is 1. The predicted molar refractivity (Wildman–Crippen MR) is 88.8 cm³/mol. The fourth-order valence-corrected chi connectivity index (χ4v) is 2.38. The van der Waals surface area contributed by atoms with Crippen molar-refractivity contribution in [3.8, 4) is 0 Å². The van der Waals surface area contributed by atoms with Gasteiger partial charge in [-0.25, -0.2) is 9.97 Å². The van der Waals surface area contributed by atoms with Crippen LogP contribution in [0.5, 0.6) is 0 Å². The van der Waals surface area contributed by atoms with Crippen molar-refractivity contribution in [3.05, 3.63) is 28.4 Å². The maximum Gasteiger partial charge on any atom is 0.225 e. The lowest BCUT2D eigenvalue weighted by Crippen LogP contribution is -2.18. The van der Waals surface area contributed by atoms with Gasteiger partial charge in [0.05, 0.1) is 22.8 Å². The maximum atomic E-state index is 12.2. The molecular weight excluding hydrogens is 294 g/mol. The number of nitrogens with one attached hydrogen (secondary N) is 1. The monoisotopic (exact) mass is 317 g/mol. The Morgan fingerprint density at radius 1 is 1.09 bits per heavy atom. The molecule has 23 heavy (non-hydrogen) atoms. The number of hydrogen-bond acceptors (Lipinski definition) is 6. The molecule has 7 nitrogen and oxygen atoms in total. The van der Waals surface area contributed by atoms with E-state index in [1.165, 1.54) is 0 Å². The minimum Gasteiger partial charge on any atom is -0.361 e. The van der Waals surface area contributed by atoms with Crippen molar-refractivity contribution >= 4 is 17.5 Å². The van der Waals surface area contributed by atoms with Gasteiger partial charge >= 0.3 is 0 Å². The smallest absolute Gasteiger partial charge is 0.225 e. The zero-order chi connectivity index (χ0) is 17.1. The molecule has 1 amide bonds. The van der Waals surface area contributed by atoms with Gasteiger partial charge in [0.25, 0.3) is 0 Å². The van der Waals surface area contributed by atoms with Crippen molar-refractivity contribution in [1.29, 1.82) is 0 Å². The van der Waals surface area contributed by atoms with E-state index >= 15 is 0 Å². The molecule has 0 spiro atoms. The van der Waals surface area contributed by atoms with Crippen LogP contribution in [0.3, 0.4) is 0 Å². The van der Waals surface area contributed by atoms with Crippen molar-refractivity contribution in [1.82, 2.24) is 15.1 Å². The summed E-state index contributed by atoms with van der Waals surface area (Å²) in [4.78, 5) is 22.9. The van der Waals surface area contributed by atoms with E-state index in [0.29, 0.717) is 24.5 Å². The number of carbonyl (C=O) groups is 1. The van der Waals surface area contributed by atoms with E-state index in [9.17, 15) is 4.79 Å². The van der Waals surface area contributed by atoms with Gasteiger partial charge in [0, 0.05) is 26.1 Å². The SMILES string of the molecule is Cc1noc(C)c1CCC(=O)Nc1c(C)nc(N(C)C)nc1C.